The Morgan fingerprint density at radius 2 is 1.78 bits per heavy atom. The van der Waals surface area contributed by atoms with Crippen LogP contribution < -0.4 is 10.0 Å². The van der Waals surface area contributed by atoms with Crippen LogP contribution in [0.25, 0.3) is 0 Å². The standard InChI is InChI=1S/C19H29N4/c1-8-19-21-12-20-13-23(19,22-19)16-11-14(17(2,3)4)9-10-15(16)18(5,6)7/h9-13,22H,8H2,1-7H3/q+1. The van der Waals surface area contributed by atoms with E-state index in [9.17, 15) is 0 Å². The Labute approximate surface area is 139 Å². The molecule has 1 saturated heterocycles. The van der Waals surface area contributed by atoms with E-state index in [4.69, 9.17) is 0 Å². The summed E-state index contributed by atoms with van der Waals surface area (Å²) < 4.78 is 0.538. The van der Waals surface area contributed by atoms with Crippen molar-refractivity contribution in [3.05, 3.63) is 29.3 Å². The Morgan fingerprint density at radius 3 is 2.35 bits per heavy atom. The summed E-state index contributed by atoms with van der Waals surface area (Å²) in [6.45, 7) is 15.7. The minimum Gasteiger partial charge on any atom is -0.191 e. The second-order valence-corrected chi connectivity index (χ2v) is 8.75. The molecular weight excluding hydrogens is 284 g/mol. The molecule has 0 aromatic heterocycles. The summed E-state index contributed by atoms with van der Waals surface area (Å²) in [6.07, 6.45) is 4.59. The van der Waals surface area contributed by atoms with Gasteiger partial charge in [-0.3, -0.25) is 0 Å². The fraction of sp³-hybridized carbons (Fsp3) is 0.579. The lowest BCUT2D eigenvalue weighted by atomic mass is 9.80. The van der Waals surface area contributed by atoms with Gasteiger partial charge in [0.05, 0.1) is 0 Å². The summed E-state index contributed by atoms with van der Waals surface area (Å²) in [6, 6.07) is 6.90. The van der Waals surface area contributed by atoms with E-state index < -0.39 is 0 Å². The molecule has 2 atom stereocenters. The average molecular weight is 313 g/mol. The van der Waals surface area contributed by atoms with E-state index in [2.05, 4.69) is 82.1 Å². The first-order chi connectivity index (χ1) is 10.6. The first kappa shape index (κ1) is 16.3. The van der Waals surface area contributed by atoms with Crippen LogP contribution in [0.5, 0.6) is 0 Å². The Hall–Kier alpha value is -1.52. The number of rotatable bonds is 2. The van der Waals surface area contributed by atoms with E-state index in [1.165, 1.54) is 16.8 Å². The number of nitrogens with one attached hydrogen (secondary N) is 1. The number of aliphatic imine (C=N–C) groups is 2. The zero-order valence-corrected chi connectivity index (χ0v) is 15.4. The number of quaternary nitrogens is 1. The molecular formula is C19H29N4+. The summed E-state index contributed by atoms with van der Waals surface area (Å²) in [5.74, 6) is -0.280. The van der Waals surface area contributed by atoms with Crippen LogP contribution in [-0.4, -0.2) is 18.5 Å². The monoisotopic (exact) mass is 313 g/mol. The van der Waals surface area contributed by atoms with Gasteiger partial charge in [-0.1, -0.05) is 66.0 Å². The maximum absolute atomic E-state index is 4.66. The molecule has 1 fully saturated rings. The van der Waals surface area contributed by atoms with E-state index >= 15 is 0 Å². The van der Waals surface area contributed by atoms with Crippen molar-refractivity contribution in [3.63, 3.8) is 0 Å². The Morgan fingerprint density at radius 1 is 1.09 bits per heavy atom. The normalized spacial score (nSPS) is 29.5. The van der Waals surface area contributed by atoms with E-state index in [0.29, 0.717) is 4.59 Å². The number of nitrogens with zero attached hydrogens (tertiary/aromatic N) is 3. The topological polar surface area (TPSA) is 46.7 Å². The highest BCUT2D eigenvalue weighted by atomic mass is 16.0. The molecule has 0 spiro atoms. The van der Waals surface area contributed by atoms with Crippen LogP contribution in [0.4, 0.5) is 5.69 Å². The average Bonchev–Trinajstić information content (AvgIpc) is 3.16. The van der Waals surface area contributed by atoms with E-state index in [1.807, 2.05) is 6.34 Å². The number of hydrogen-bond donors (Lipinski definition) is 1. The molecule has 1 aromatic carbocycles. The zero-order chi connectivity index (χ0) is 17.1. The third-order valence-electron chi connectivity index (χ3n) is 5.01. The lowest BCUT2D eigenvalue weighted by molar-refractivity contribution is 0.502. The van der Waals surface area contributed by atoms with Gasteiger partial charge in [0.15, 0.2) is 5.69 Å². The van der Waals surface area contributed by atoms with Crippen LogP contribution in [0, 0.1) is 0 Å². The summed E-state index contributed by atoms with van der Waals surface area (Å²) in [5.41, 5.74) is 7.74. The minimum atomic E-state index is -0.280. The van der Waals surface area contributed by atoms with Gasteiger partial charge >= 0.3 is 5.79 Å². The molecule has 0 bridgehead atoms. The zero-order valence-electron chi connectivity index (χ0n) is 15.4. The van der Waals surface area contributed by atoms with Gasteiger partial charge in [-0.05, 0) is 16.4 Å². The lowest BCUT2D eigenvalue weighted by Gasteiger charge is -2.28. The van der Waals surface area contributed by atoms with Crippen LogP contribution in [0.15, 0.2) is 28.2 Å². The van der Waals surface area contributed by atoms with Gasteiger partial charge in [0.1, 0.15) is 6.34 Å². The molecule has 0 amide bonds. The summed E-state index contributed by atoms with van der Waals surface area (Å²) in [7, 11) is 0. The highest BCUT2D eigenvalue weighted by molar-refractivity contribution is 5.88. The highest BCUT2D eigenvalue weighted by Crippen LogP contribution is 2.49. The van der Waals surface area contributed by atoms with E-state index in [-0.39, 0.29) is 16.6 Å². The van der Waals surface area contributed by atoms with Crippen LogP contribution in [0.3, 0.4) is 0 Å². The van der Waals surface area contributed by atoms with E-state index in [1.54, 1.807) is 6.34 Å². The van der Waals surface area contributed by atoms with Crippen molar-refractivity contribution in [2.75, 3.05) is 0 Å². The smallest absolute Gasteiger partial charge is 0.191 e. The first-order valence-corrected chi connectivity index (χ1v) is 8.48. The molecule has 1 N–H and O–H groups in total. The molecule has 2 aliphatic heterocycles. The molecule has 3 rings (SSSR count). The summed E-state index contributed by atoms with van der Waals surface area (Å²) in [5, 5.41) is 0. The van der Waals surface area contributed by atoms with Crippen LogP contribution in [0.2, 0.25) is 0 Å². The Bertz CT molecular complexity index is 690. The Kier molecular flexibility index (Phi) is 3.37. The van der Waals surface area contributed by atoms with E-state index in [0.717, 1.165) is 6.42 Å². The fourth-order valence-corrected chi connectivity index (χ4v) is 3.43. The first-order valence-electron chi connectivity index (χ1n) is 8.48. The summed E-state index contributed by atoms with van der Waals surface area (Å²) in [4.78, 5) is 9.01. The van der Waals surface area contributed by atoms with Crippen molar-refractivity contribution in [1.82, 2.24) is 10.0 Å². The SMILES string of the molecule is CCC12N=CN=C[N+]1(c1cc(C(C)(C)C)ccc1C(C)(C)C)N2. The van der Waals surface area contributed by atoms with Crippen molar-refractivity contribution in [2.45, 2.75) is 71.5 Å². The molecule has 4 heteroatoms. The molecule has 4 nitrogen and oxygen atoms in total. The van der Waals surface area contributed by atoms with Crippen LogP contribution in [0.1, 0.15) is 66.0 Å². The quantitative estimate of drug-likeness (QED) is 0.644. The largest absolute Gasteiger partial charge is 0.322 e. The van der Waals surface area contributed by atoms with Crippen molar-refractivity contribution in [1.29, 1.82) is 0 Å². The van der Waals surface area contributed by atoms with Gasteiger partial charge in [0.25, 0.3) is 0 Å². The molecule has 2 unspecified atom stereocenters. The molecule has 2 heterocycles. The lowest BCUT2D eigenvalue weighted by Crippen LogP contribution is -2.39. The molecule has 0 saturated carbocycles. The molecule has 0 radical (unpaired) electrons. The molecule has 1 aromatic rings. The minimum absolute atomic E-state index is 0.0670. The maximum Gasteiger partial charge on any atom is 0.322 e. The molecule has 124 valence electrons. The van der Waals surface area contributed by atoms with Gasteiger partial charge in [-0.2, -0.15) is 9.98 Å². The maximum atomic E-state index is 4.66. The molecule has 2 aliphatic rings. The third kappa shape index (κ3) is 2.36. The van der Waals surface area contributed by atoms with Gasteiger partial charge < -0.3 is 0 Å². The fourth-order valence-electron chi connectivity index (χ4n) is 3.43. The summed E-state index contributed by atoms with van der Waals surface area (Å²) >= 11 is 0. The molecule has 0 aliphatic carbocycles. The van der Waals surface area contributed by atoms with Crippen LogP contribution in [-0.2, 0) is 10.8 Å². The highest BCUT2D eigenvalue weighted by Gasteiger charge is 2.73. The molecule has 23 heavy (non-hydrogen) atoms. The van der Waals surface area contributed by atoms with Gasteiger partial charge in [0.2, 0.25) is 6.34 Å². The van der Waals surface area contributed by atoms with Crippen molar-refractivity contribution < 1.29 is 0 Å². The van der Waals surface area contributed by atoms with Crippen LogP contribution >= 0.6 is 0 Å². The van der Waals surface area contributed by atoms with Gasteiger partial charge in [-0.25, -0.2) is 0 Å². The number of fused-ring (bicyclic) bond motifs is 1. The third-order valence-corrected chi connectivity index (χ3v) is 5.01. The number of hydrogen-bond acceptors (Lipinski definition) is 3. The second-order valence-electron chi connectivity index (χ2n) is 8.75. The second kappa shape index (κ2) is 4.74. The van der Waals surface area contributed by atoms with Crippen molar-refractivity contribution in [2.24, 2.45) is 9.98 Å². The Balaban J connectivity index is 2.22. The van der Waals surface area contributed by atoms with Crippen molar-refractivity contribution in [3.8, 4) is 0 Å². The number of benzene rings is 1. The van der Waals surface area contributed by atoms with Crippen molar-refractivity contribution >= 4 is 18.4 Å². The van der Waals surface area contributed by atoms with Gasteiger partial charge in [-0.15, -0.1) is 4.59 Å². The van der Waals surface area contributed by atoms with Gasteiger partial charge in [0, 0.05) is 18.1 Å². The predicted octanol–water partition coefficient (Wildman–Crippen LogP) is 4.24. The predicted molar refractivity (Wildman–Crippen MR) is 98.8 cm³/mol.